The molecule has 16 heteroatoms. The van der Waals surface area contributed by atoms with Crippen molar-refractivity contribution in [3.05, 3.63) is 47.5 Å². The van der Waals surface area contributed by atoms with Crippen LogP contribution in [0.25, 0.3) is 21.6 Å². The van der Waals surface area contributed by atoms with Crippen LogP contribution in [0.2, 0.25) is 0 Å². The molecule has 324 valence electrons. The van der Waals surface area contributed by atoms with Crippen LogP contribution in [0.1, 0.15) is 103 Å². The minimum absolute atomic E-state index is 0.0184. The van der Waals surface area contributed by atoms with Crippen LogP contribution >= 0.6 is 11.3 Å². The van der Waals surface area contributed by atoms with E-state index >= 15 is 0 Å². The quantitative estimate of drug-likeness (QED) is 0.186. The maximum Gasteiger partial charge on any atom is 0.259 e. The summed E-state index contributed by atoms with van der Waals surface area (Å²) in [5.74, 6) is -1.82. The summed E-state index contributed by atoms with van der Waals surface area (Å²) in [7, 11) is -2.31. The van der Waals surface area contributed by atoms with E-state index in [2.05, 4.69) is 30.5 Å². The molecule has 0 bridgehead atoms. The number of nitrogens with one attached hydrogen (secondary N) is 2. The molecular weight excluding hydrogens is 805 g/mol. The van der Waals surface area contributed by atoms with Gasteiger partial charge in [-0.2, -0.15) is 0 Å². The smallest absolute Gasteiger partial charge is 0.259 e. The summed E-state index contributed by atoms with van der Waals surface area (Å²) in [6, 6.07) is 4.46. The molecule has 0 spiro atoms. The first-order chi connectivity index (χ1) is 28.4. The number of aryl methyl sites for hydroxylation is 1. The number of piperidine rings is 1. The van der Waals surface area contributed by atoms with E-state index in [0.717, 1.165) is 30.5 Å². The summed E-state index contributed by atoms with van der Waals surface area (Å²) in [6.45, 7) is 17.0. The summed E-state index contributed by atoms with van der Waals surface area (Å²) < 4.78 is 40.4. The van der Waals surface area contributed by atoms with Crippen molar-refractivity contribution in [3.63, 3.8) is 0 Å². The van der Waals surface area contributed by atoms with Crippen molar-refractivity contribution < 1.29 is 37.1 Å². The van der Waals surface area contributed by atoms with E-state index in [9.17, 15) is 27.6 Å². The van der Waals surface area contributed by atoms with Crippen molar-refractivity contribution in [1.82, 2.24) is 29.8 Å². The van der Waals surface area contributed by atoms with Crippen LogP contribution in [0.15, 0.2) is 36.2 Å². The van der Waals surface area contributed by atoms with Crippen molar-refractivity contribution in [3.8, 4) is 22.2 Å². The lowest BCUT2D eigenvalue weighted by atomic mass is 9.77. The number of benzene rings is 1. The number of ether oxygens (including phenoxy) is 2. The highest BCUT2D eigenvalue weighted by Crippen LogP contribution is 2.46. The largest absolute Gasteiger partial charge is 0.496 e. The number of nitrogens with zero attached hydrogens (tertiary/aromatic N) is 4. The third-order valence-corrected chi connectivity index (χ3v) is 15.2. The van der Waals surface area contributed by atoms with Crippen LogP contribution in [0.5, 0.6) is 11.5 Å². The Labute approximate surface area is 356 Å². The Hall–Kier alpha value is -4.57. The minimum atomic E-state index is -3.91. The molecule has 7 rings (SSSR count). The highest BCUT2D eigenvalue weighted by atomic mass is 32.2. The number of hydrogen-bond acceptors (Lipinski definition) is 11. The standard InChI is InChI=1S/C44H58N6O8S2/c1-9-27-22-44(27,42(54)48-60(55,56)29-13-14-29)47-39(52)34-19-28(23-50(34)41(53)31(43(5,6)7)20-37(51)49-17-11-10-12-18-49)58-36-21-32(40-46-33(24-59-40)25(2)3)45-38-26(4)35(57-8)16-15-30(36)38/h9,15-16,21,24-25,27-29,31,34H,1,10-14,17-20,22-23H2,2-8H3,(H,47,52)(H,48,54)/t27-,28-,31-,34+,44-/m1/s1. The molecule has 4 amide bonds. The van der Waals surface area contributed by atoms with Gasteiger partial charge in [-0.25, -0.2) is 18.4 Å². The van der Waals surface area contributed by atoms with Gasteiger partial charge < -0.3 is 24.6 Å². The molecule has 0 unspecified atom stereocenters. The minimum Gasteiger partial charge on any atom is -0.496 e. The predicted octanol–water partition coefficient (Wildman–Crippen LogP) is 5.88. The van der Waals surface area contributed by atoms with Crippen molar-refractivity contribution in [1.29, 1.82) is 0 Å². The van der Waals surface area contributed by atoms with Gasteiger partial charge in [-0.3, -0.25) is 23.9 Å². The first kappa shape index (κ1) is 43.5. The van der Waals surface area contributed by atoms with Gasteiger partial charge in [-0.1, -0.05) is 40.7 Å². The summed E-state index contributed by atoms with van der Waals surface area (Å²) >= 11 is 1.48. The van der Waals surface area contributed by atoms with E-state index in [1.165, 1.54) is 22.3 Å². The third-order valence-electron chi connectivity index (χ3n) is 12.5. The van der Waals surface area contributed by atoms with E-state index in [0.29, 0.717) is 59.0 Å². The summed E-state index contributed by atoms with van der Waals surface area (Å²) in [5, 5.41) is 5.68. The van der Waals surface area contributed by atoms with Crippen LogP contribution in [-0.2, 0) is 29.2 Å². The number of carbonyl (C=O) groups excluding carboxylic acids is 4. The highest BCUT2D eigenvalue weighted by Gasteiger charge is 2.62. The Morgan fingerprint density at radius 1 is 1.08 bits per heavy atom. The van der Waals surface area contributed by atoms with Crippen LogP contribution in [-0.4, -0.2) is 101 Å². The van der Waals surface area contributed by atoms with Crippen LogP contribution in [0, 0.1) is 24.2 Å². The Bertz CT molecular complexity index is 2290. The van der Waals surface area contributed by atoms with E-state index in [1.807, 2.05) is 56.2 Å². The van der Waals surface area contributed by atoms with E-state index in [-0.39, 0.29) is 43.5 Å². The predicted molar refractivity (Wildman–Crippen MR) is 230 cm³/mol. The maximum absolute atomic E-state index is 15.0. The molecule has 4 fully saturated rings. The molecule has 2 aromatic heterocycles. The molecule has 2 saturated carbocycles. The second kappa shape index (κ2) is 16.7. The number of fused-ring (bicyclic) bond motifs is 1. The monoisotopic (exact) mass is 862 g/mol. The van der Waals surface area contributed by atoms with Gasteiger partial charge in [0.05, 0.1) is 36.0 Å². The number of rotatable bonds is 14. The Morgan fingerprint density at radius 3 is 2.40 bits per heavy atom. The number of methoxy groups -OCH3 is 1. The normalized spacial score (nSPS) is 23.6. The Balaban J connectivity index is 1.23. The summed E-state index contributed by atoms with van der Waals surface area (Å²) in [4.78, 5) is 70.2. The van der Waals surface area contributed by atoms with Gasteiger partial charge >= 0.3 is 0 Å². The number of likely N-dealkylation sites (tertiary alicyclic amines) is 2. The number of thiazole rings is 1. The average molecular weight is 863 g/mol. The highest BCUT2D eigenvalue weighted by molar-refractivity contribution is 7.91. The number of aromatic nitrogens is 2. The number of sulfonamides is 1. The molecule has 2 saturated heterocycles. The Kier molecular flexibility index (Phi) is 12.1. The maximum atomic E-state index is 15.0. The van der Waals surface area contributed by atoms with Gasteiger partial charge in [0.15, 0.2) is 0 Å². The van der Waals surface area contributed by atoms with Gasteiger partial charge in [0.25, 0.3) is 5.91 Å². The second-order valence-corrected chi connectivity index (χ2v) is 21.1. The third kappa shape index (κ3) is 8.77. The van der Waals surface area contributed by atoms with Crippen molar-refractivity contribution in [2.75, 3.05) is 26.7 Å². The fraction of sp³-hybridized carbons (Fsp3) is 0.591. The average Bonchev–Trinajstić information content (AvgIpc) is 4.09. The van der Waals surface area contributed by atoms with Crippen molar-refractivity contribution in [2.45, 2.75) is 122 Å². The lowest BCUT2D eigenvalue weighted by molar-refractivity contribution is -0.148. The zero-order valence-corrected chi connectivity index (χ0v) is 37.3. The fourth-order valence-corrected chi connectivity index (χ4v) is 10.8. The van der Waals surface area contributed by atoms with Crippen molar-refractivity contribution in [2.24, 2.45) is 17.3 Å². The molecule has 4 heterocycles. The lowest BCUT2D eigenvalue weighted by Gasteiger charge is -2.36. The fourth-order valence-electron chi connectivity index (χ4n) is 8.46. The molecule has 2 aliphatic heterocycles. The van der Waals surface area contributed by atoms with Gasteiger partial charge in [0.1, 0.15) is 39.9 Å². The number of hydrogen-bond donors (Lipinski definition) is 2. The molecule has 0 radical (unpaired) electrons. The van der Waals surface area contributed by atoms with Gasteiger partial charge in [-0.05, 0) is 68.9 Å². The number of amides is 4. The molecule has 3 aromatic rings. The topological polar surface area (TPSA) is 177 Å². The van der Waals surface area contributed by atoms with Crippen molar-refractivity contribution >= 4 is 55.9 Å². The second-order valence-electron chi connectivity index (χ2n) is 18.3. The lowest BCUT2D eigenvalue weighted by Crippen LogP contribution is -2.57. The first-order valence-electron chi connectivity index (χ1n) is 21.1. The summed E-state index contributed by atoms with van der Waals surface area (Å²) in [5.41, 5.74) is 0.818. The zero-order chi connectivity index (χ0) is 43.3. The van der Waals surface area contributed by atoms with Gasteiger partial charge in [0.2, 0.25) is 27.7 Å². The zero-order valence-electron chi connectivity index (χ0n) is 35.7. The molecular formula is C44H58N6O8S2. The Morgan fingerprint density at radius 2 is 1.80 bits per heavy atom. The van der Waals surface area contributed by atoms with Gasteiger partial charge in [-0.15, -0.1) is 17.9 Å². The van der Waals surface area contributed by atoms with Crippen LogP contribution < -0.4 is 19.5 Å². The van der Waals surface area contributed by atoms with E-state index in [4.69, 9.17) is 19.4 Å². The molecule has 1 aromatic carbocycles. The van der Waals surface area contributed by atoms with E-state index in [1.54, 1.807) is 7.11 Å². The number of pyridine rings is 1. The molecule has 5 atom stereocenters. The first-order valence-corrected chi connectivity index (χ1v) is 23.5. The van der Waals surface area contributed by atoms with Crippen LogP contribution in [0.3, 0.4) is 0 Å². The molecule has 2 aliphatic carbocycles. The molecule has 14 nitrogen and oxygen atoms in total. The van der Waals surface area contributed by atoms with Gasteiger partial charge in [0, 0.05) is 54.2 Å². The van der Waals surface area contributed by atoms with Crippen LogP contribution in [0.4, 0.5) is 0 Å². The molecule has 2 N–H and O–H groups in total. The SMILES string of the molecule is C=C[C@@H]1C[C@]1(NC(=O)[C@@H]1C[C@@H](Oc2cc(-c3nc(C(C)C)cs3)nc3c(C)c(OC)ccc23)CN1C(=O)[C@@H](CC(=O)N1CCCCC1)C(C)(C)C)C(=O)NS(=O)(=O)C1CC1. The number of carbonyl (C=O) groups is 4. The van der Waals surface area contributed by atoms with E-state index < -0.39 is 62.0 Å². The molecule has 60 heavy (non-hydrogen) atoms. The summed E-state index contributed by atoms with van der Waals surface area (Å²) in [6.07, 6.45) is 4.85. The molecule has 4 aliphatic rings.